The predicted octanol–water partition coefficient (Wildman–Crippen LogP) is 3.11. The van der Waals surface area contributed by atoms with Gasteiger partial charge in [-0.1, -0.05) is 27.0 Å². The minimum absolute atomic E-state index is 0.0318. The summed E-state index contributed by atoms with van der Waals surface area (Å²) in [4.78, 5) is 10.9. The van der Waals surface area contributed by atoms with Crippen LogP contribution in [0.25, 0.3) is 0 Å². The highest BCUT2D eigenvalue weighted by Crippen LogP contribution is 2.16. The van der Waals surface area contributed by atoms with Gasteiger partial charge in [0, 0.05) is 25.0 Å². The third kappa shape index (κ3) is 6.23. The molecule has 1 aliphatic rings. The van der Waals surface area contributed by atoms with E-state index in [4.69, 9.17) is 4.74 Å². The number of carbonyl (C=O) groups excluding carboxylic acids is 1. The molecular formula is C14H22FNO2. The molecular weight excluding hydrogens is 233 g/mol. The van der Waals surface area contributed by atoms with Crippen LogP contribution in [0.1, 0.15) is 27.2 Å². The van der Waals surface area contributed by atoms with E-state index in [0.29, 0.717) is 30.9 Å². The average molecular weight is 255 g/mol. The van der Waals surface area contributed by atoms with Crippen LogP contribution >= 0.6 is 0 Å². The molecule has 1 rings (SSSR count). The van der Waals surface area contributed by atoms with Crippen LogP contribution in [0.3, 0.4) is 0 Å². The van der Waals surface area contributed by atoms with Crippen molar-refractivity contribution in [1.29, 1.82) is 0 Å². The first kappa shape index (κ1) is 16.4. The minimum Gasteiger partial charge on any atom is -0.493 e. The second kappa shape index (κ2) is 8.50. The first-order valence-corrected chi connectivity index (χ1v) is 6.10. The number of nitrogens with one attached hydrogen (secondary N) is 1. The molecule has 1 N–H and O–H groups in total. The van der Waals surface area contributed by atoms with E-state index >= 15 is 0 Å². The number of halogens is 1. The highest BCUT2D eigenvalue weighted by atomic mass is 19.1. The number of allylic oxidation sites excluding steroid dienone is 3. The molecule has 1 fully saturated rings. The largest absolute Gasteiger partial charge is 0.493 e. The lowest BCUT2D eigenvalue weighted by Gasteiger charge is -2.13. The topological polar surface area (TPSA) is 38.3 Å². The van der Waals surface area contributed by atoms with Gasteiger partial charge in [-0.25, -0.2) is 4.39 Å². The van der Waals surface area contributed by atoms with Crippen LogP contribution in [0.15, 0.2) is 36.4 Å². The zero-order valence-electron chi connectivity index (χ0n) is 11.4. The highest BCUT2D eigenvalue weighted by Gasteiger charge is 2.22. The van der Waals surface area contributed by atoms with E-state index in [2.05, 4.69) is 18.5 Å². The highest BCUT2D eigenvalue weighted by molar-refractivity contribution is 5.78. The zero-order chi connectivity index (χ0) is 14.1. The molecule has 1 saturated heterocycles. The molecule has 0 aromatic rings. The summed E-state index contributed by atoms with van der Waals surface area (Å²) < 4.78 is 18.0. The van der Waals surface area contributed by atoms with Crippen LogP contribution in [0.2, 0.25) is 0 Å². The number of ether oxygens (including phenoxy) is 1. The first-order valence-electron chi connectivity index (χ1n) is 6.10. The molecule has 0 radical (unpaired) electrons. The van der Waals surface area contributed by atoms with Crippen molar-refractivity contribution in [2.24, 2.45) is 5.92 Å². The van der Waals surface area contributed by atoms with Crippen LogP contribution in [-0.2, 0) is 9.53 Å². The smallest absolute Gasteiger partial charge is 0.220 e. The molecule has 0 aromatic heterocycles. The summed E-state index contributed by atoms with van der Waals surface area (Å²) in [7, 11) is 0. The Balaban J connectivity index is 0.00000137. The molecule has 4 heteroatoms. The second-order valence-electron chi connectivity index (χ2n) is 3.92. The minimum atomic E-state index is -0.571. The van der Waals surface area contributed by atoms with Crippen molar-refractivity contribution in [2.75, 3.05) is 13.2 Å². The van der Waals surface area contributed by atoms with Crippen LogP contribution < -0.4 is 5.32 Å². The molecule has 0 spiro atoms. The molecule has 0 aliphatic carbocycles. The van der Waals surface area contributed by atoms with E-state index in [0.717, 1.165) is 0 Å². The Kier molecular flexibility index (Phi) is 7.76. The van der Waals surface area contributed by atoms with Gasteiger partial charge in [0.25, 0.3) is 0 Å². The lowest BCUT2D eigenvalue weighted by atomic mass is 10.1. The zero-order valence-corrected chi connectivity index (χ0v) is 11.4. The number of carbonyl (C=O) groups is 1. The van der Waals surface area contributed by atoms with Gasteiger partial charge in [0.2, 0.25) is 5.91 Å². The van der Waals surface area contributed by atoms with E-state index in [-0.39, 0.29) is 11.8 Å². The molecule has 0 bridgehead atoms. The number of rotatable bonds is 5. The van der Waals surface area contributed by atoms with Gasteiger partial charge in [-0.05, 0) is 12.5 Å². The fourth-order valence-corrected chi connectivity index (χ4v) is 1.42. The van der Waals surface area contributed by atoms with Crippen molar-refractivity contribution in [2.45, 2.75) is 27.2 Å². The fraction of sp³-hybridized carbons (Fsp3) is 0.500. The molecule has 3 nitrogen and oxygen atoms in total. The van der Waals surface area contributed by atoms with Gasteiger partial charge >= 0.3 is 0 Å². The summed E-state index contributed by atoms with van der Waals surface area (Å²) in [6.07, 6.45) is 1.66. The summed E-state index contributed by atoms with van der Waals surface area (Å²) in [5, 5.41) is 2.71. The Morgan fingerprint density at radius 3 is 2.56 bits per heavy atom. The van der Waals surface area contributed by atoms with E-state index in [9.17, 15) is 9.18 Å². The van der Waals surface area contributed by atoms with Crippen molar-refractivity contribution in [3.63, 3.8) is 0 Å². The Morgan fingerprint density at radius 2 is 2.17 bits per heavy atom. The maximum atomic E-state index is 12.6. The number of amides is 1. The van der Waals surface area contributed by atoms with Crippen LogP contribution in [0, 0.1) is 5.92 Å². The van der Waals surface area contributed by atoms with Gasteiger partial charge in [0.15, 0.2) is 0 Å². The summed E-state index contributed by atoms with van der Waals surface area (Å²) in [6, 6.07) is 0. The third-order valence-corrected chi connectivity index (χ3v) is 2.24. The maximum Gasteiger partial charge on any atom is 0.220 e. The van der Waals surface area contributed by atoms with Gasteiger partial charge in [-0.2, -0.15) is 0 Å². The SMILES string of the molecule is C=C(F)/C=C(/OCC1CNC(=O)C1)C(=C)C.CC. The monoisotopic (exact) mass is 255 g/mol. The molecule has 1 unspecified atom stereocenters. The predicted molar refractivity (Wildman–Crippen MR) is 71.6 cm³/mol. The van der Waals surface area contributed by atoms with E-state index in [1.54, 1.807) is 6.92 Å². The van der Waals surface area contributed by atoms with Crippen molar-refractivity contribution >= 4 is 5.91 Å². The van der Waals surface area contributed by atoms with Gasteiger partial charge in [-0.15, -0.1) is 0 Å². The number of hydrogen-bond acceptors (Lipinski definition) is 2. The second-order valence-corrected chi connectivity index (χ2v) is 3.92. The Labute approximate surface area is 108 Å². The average Bonchev–Trinajstić information content (AvgIpc) is 2.72. The summed E-state index contributed by atoms with van der Waals surface area (Å²) >= 11 is 0. The molecule has 18 heavy (non-hydrogen) atoms. The summed E-state index contributed by atoms with van der Waals surface area (Å²) in [6.45, 7) is 13.5. The van der Waals surface area contributed by atoms with Crippen molar-refractivity contribution in [3.05, 3.63) is 36.4 Å². The van der Waals surface area contributed by atoms with E-state index < -0.39 is 5.83 Å². The summed E-state index contributed by atoms with van der Waals surface area (Å²) in [5.74, 6) is -0.0158. The standard InChI is InChI=1S/C12H16FNO2.C2H6/c1-8(2)11(4-9(3)13)16-7-10-5-12(15)14-6-10;1-2/h4,10H,1,3,5-7H2,2H3,(H,14,15);1-2H3/b11-4+;. The van der Waals surface area contributed by atoms with Crippen LogP contribution in [0.4, 0.5) is 4.39 Å². The van der Waals surface area contributed by atoms with Crippen molar-refractivity contribution in [1.82, 2.24) is 5.32 Å². The Hall–Kier alpha value is -1.58. The van der Waals surface area contributed by atoms with Gasteiger partial charge in [-0.3, -0.25) is 4.79 Å². The van der Waals surface area contributed by atoms with Crippen molar-refractivity contribution in [3.8, 4) is 0 Å². The lowest BCUT2D eigenvalue weighted by Crippen LogP contribution is -2.15. The lowest BCUT2D eigenvalue weighted by molar-refractivity contribution is -0.119. The Bertz CT molecular complexity index is 348. The molecule has 102 valence electrons. The normalized spacial score (nSPS) is 18.6. The third-order valence-electron chi connectivity index (χ3n) is 2.24. The quantitative estimate of drug-likeness (QED) is 0.605. The summed E-state index contributed by atoms with van der Waals surface area (Å²) in [5.41, 5.74) is 0.635. The number of hydrogen-bond donors (Lipinski definition) is 1. The molecule has 1 atom stereocenters. The van der Waals surface area contributed by atoms with Crippen LogP contribution in [0.5, 0.6) is 0 Å². The van der Waals surface area contributed by atoms with Gasteiger partial charge in [0.05, 0.1) is 6.61 Å². The molecule has 1 heterocycles. The molecule has 1 amide bonds. The van der Waals surface area contributed by atoms with Crippen LogP contribution in [-0.4, -0.2) is 19.1 Å². The van der Waals surface area contributed by atoms with Gasteiger partial charge in [0.1, 0.15) is 11.6 Å². The first-order chi connectivity index (χ1) is 8.49. The van der Waals surface area contributed by atoms with E-state index in [1.165, 1.54) is 6.08 Å². The molecule has 1 aliphatic heterocycles. The molecule has 0 saturated carbocycles. The van der Waals surface area contributed by atoms with Crippen molar-refractivity contribution < 1.29 is 13.9 Å². The van der Waals surface area contributed by atoms with E-state index in [1.807, 2.05) is 13.8 Å². The maximum absolute atomic E-state index is 12.6. The van der Waals surface area contributed by atoms with Gasteiger partial charge < -0.3 is 10.1 Å². The fourth-order valence-electron chi connectivity index (χ4n) is 1.42. The Morgan fingerprint density at radius 1 is 1.56 bits per heavy atom. The molecule has 0 aromatic carbocycles.